The molecule has 0 saturated heterocycles. The van der Waals surface area contributed by atoms with Crippen LogP contribution in [-0.2, 0) is 4.79 Å². The maximum atomic E-state index is 12.1. The first-order chi connectivity index (χ1) is 14.0. The molecule has 1 atom stereocenters. The van der Waals surface area contributed by atoms with E-state index in [1.54, 1.807) is 12.1 Å². The number of carbonyl (C=O) groups is 1. The molecule has 3 rings (SSSR count). The Bertz CT molecular complexity index is 1010. The van der Waals surface area contributed by atoms with Crippen LogP contribution in [0.3, 0.4) is 0 Å². The van der Waals surface area contributed by atoms with E-state index >= 15 is 0 Å². The summed E-state index contributed by atoms with van der Waals surface area (Å²) < 4.78 is 0. The van der Waals surface area contributed by atoms with Crippen LogP contribution in [0.4, 0.5) is 0 Å². The molecular formula is C25H28ClNO2. The van der Waals surface area contributed by atoms with Crippen LogP contribution < -0.4 is 0 Å². The summed E-state index contributed by atoms with van der Waals surface area (Å²) in [6.07, 6.45) is 3.12. The molecule has 1 aromatic heterocycles. The highest BCUT2D eigenvalue weighted by atomic mass is 35.5. The van der Waals surface area contributed by atoms with Gasteiger partial charge in [0.1, 0.15) is 0 Å². The summed E-state index contributed by atoms with van der Waals surface area (Å²) >= 11 is 6.26. The molecule has 1 N–H and O–H groups in total. The third kappa shape index (κ3) is 4.86. The summed E-state index contributed by atoms with van der Waals surface area (Å²) in [7, 11) is 0. The largest absolute Gasteiger partial charge is 0.481 e. The van der Waals surface area contributed by atoms with Crippen LogP contribution in [0.5, 0.6) is 0 Å². The highest BCUT2D eigenvalue weighted by Crippen LogP contribution is 2.39. The Labute approximate surface area is 178 Å². The maximum Gasteiger partial charge on any atom is 0.311 e. The van der Waals surface area contributed by atoms with Gasteiger partial charge in [-0.3, -0.25) is 9.78 Å². The number of carboxylic acids is 1. The van der Waals surface area contributed by atoms with Gasteiger partial charge in [-0.25, -0.2) is 0 Å². The van der Waals surface area contributed by atoms with E-state index in [1.165, 1.54) is 0 Å². The second-order valence-electron chi connectivity index (χ2n) is 6.65. The van der Waals surface area contributed by atoms with Gasteiger partial charge < -0.3 is 5.11 Å². The van der Waals surface area contributed by atoms with Crippen LogP contribution in [0.25, 0.3) is 28.1 Å². The number of aryl methyl sites for hydroxylation is 1. The van der Waals surface area contributed by atoms with Crippen molar-refractivity contribution in [3.63, 3.8) is 0 Å². The summed E-state index contributed by atoms with van der Waals surface area (Å²) in [5.41, 5.74) is 5.19. The number of aromatic nitrogens is 1. The minimum absolute atomic E-state index is 0.557. The number of aliphatic carboxylic acids is 1. The molecule has 0 aliphatic rings. The zero-order valence-corrected chi connectivity index (χ0v) is 18.3. The predicted octanol–water partition coefficient (Wildman–Crippen LogP) is 7.50. The van der Waals surface area contributed by atoms with Gasteiger partial charge in [-0.2, -0.15) is 0 Å². The molecule has 0 bridgehead atoms. The van der Waals surface area contributed by atoms with Crippen molar-refractivity contribution in [3.05, 3.63) is 70.9 Å². The van der Waals surface area contributed by atoms with Gasteiger partial charge in [0.05, 0.1) is 11.4 Å². The summed E-state index contributed by atoms with van der Waals surface area (Å²) in [4.78, 5) is 16.7. The Kier molecular flexibility index (Phi) is 7.98. The summed E-state index contributed by atoms with van der Waals surface area (Å²) in [6.45, 7) is 11.7. The molecule has 29 heavy (non-hydrogen) atoms. The second kappa shape index (κ2) is 10.2. The zero-order chi connectivity index (χ0) is 21.6. The Morgan fingerprint density at radius 3 is 2.41 bits per heavy atom. The first-order valence-electron chi connectivity index (χ1n) is 10.0. The minimum atomic E-state index is -0.827. The second-order valence-corrected chi connectivity index (χ2v) is 7.09. The number of hydrogen-bond donors (Lipinski definition) is 1. The number of halogens is 1. The fourth-order valence-corrected chi connectivity index (χ4v) is 3.75. The van der Waals surface area contributed by atoms with Crippen molar-refractivity contribution < 1.29 is 9.90 Å². The van der Waals surface area contributed by atoms with Gasteiger partial charge >= 0.3 is 5.97 Å². The first kappa shape index (κ1) is 22.6. The fraction of sp³-hybridized carbons (Fsp3) is 0.280. The Morgan fingerprint density at radius 1 is 1.21 bits per heavy atom. The molecule has 1 heterocycles. The average molecular weight is 410 g/mol. The molecule has 3 nitrogen and oxygen atoms in total. The van der Waals surface area contributed by atoms with Gasteiger partial charge in [-0.05, 0) is 53.8 Å². The molecule has 4 heteroatoms. The molecule has 152 valence electrons. The standard InChI is InChI=1S/C23H22ClNO2.C2H6/c1-4-6-18(23(26)27)21-14(3)25-20-12-11-17(24)13-19(20)22(21)16-9-7-15(5-2)8-10-16;1-2/h5,7-13,18H,2,4,6H2,1,3H3,(H,26,27);1-2H3. The van der Waals surface area contributed by atoms with Crippen LogP contribution >= 0.6 is 11.6 Å². The first-order valence-corrected chi connectivity index (χ1v) is 10.4. The number of nitrogens with zero attached hydrogens (tertiary/aromatic N) is 1. The number of rotatable bonds is 6. The van der Waals surface area contributed by atoms with E-state index in [0.29, 0.717) is 11.4 Å². The lowest BCUT2D eigenvalue weighted by molar-refractivity contribution is -0.139. The van der Waals surface area contributed by atoms with Crippen molar-refractivity contribution in [1.82, 2.24) is 4.98 Å². The van der Waals surface area contributed by atoms with Gasteiger partial charge in [0.15, 0.2) is 0 Å². The third-order valence-corrected chi connectivity index (χ3v) is 5.07. The van der Waals surface area contributed by atoms with Crippen molar-refractivity contribution >= 4 is 34.5 Å². The molecule has 0 amide bonds. The van der Waals surface area contributed by atoms with Gasteiger partial charge in [0, 0.05) is 16.1 Å². The van der Waals surface area contributed by atoms with Crippen LogP contribution in [0.1, 0.15) is 56.4 Å². The molecular weight excluding hydrogens is 382 g/mol. The Morgan fingerprint density at radius 2 is 1.86 bits per heavy atom. The van der Waals surface area contributed by atoms with Gasteiger partial charge in [-0.1, -0.05) is 75.7 Å². The van der Waals surface area contributed by atoms with Crippen molar-refractivity contribution in [2.75, 3.05) is 0 Å². The summed E-state index contributed by atoms with van der Waals surface area (Å²) in [5, 5.41) is 11.4. The van der Waals surface area contributed by atoms with Gasteiger partial charge in [0.25, 0.3) is 0 Å². The molecule has 0 spiro atoms. The van der Waals surface area contributed by atoms with Gasteiger partial charge in [-0.15, -0.1) is 0 Å². The van der Waals surface area contributed by atoms with Crippen LogP contribution in [0, 0.1) is 6.92 Å². The minimum Gasteiger partial charge on any atom is -0.481 e. The van der Waals surface area contributed by atoms with E-state index in [2.05, 4.69) is 11.6 Å². The lowest BCUT2D eigenvalue weighted by Gasteiger charge is -2.21. The molecule has 1 unspecified atom stereocenters. The highest BCUT2D eigenvalue weighted by Gasteiger charge is 2.27. The van der Waals surface area contributed by atoms with Crippen molar-refractivity contribution in [1.29, 1.82) is 0 Å². The molecule has 2 aromatic carbocycles. The van der Waals surface area contributed by atoms with Crippen molar-refractivity contribution in [2.24, 2.45) is 0 Å². The lowest BCUT2D eigenvalue weighted by Crippen LogP contribution is -2.15. The van der Waals surface area contributed by atoms with Crippen LogP contribution in [-0.4, -0.2) is 16.1 Å². The van der Waals surface area contributed by atoms with E-state index in [-0.39, 0.29) is 0 Å². The lowest BCUT2D eigenvalue weighted by atomic mass is 9.84. The molecule has 3 aromatic rings. The Hall–Kier alpha value is -2.65. The van der Waals surface area contributed by atoms with Crippen molar-refractivity contribution in [2.45, 2.75) is 46.5 Å². The zero-order valence-electron chi connectivity index (χ0n) is 17.5. The van der Waals surface area contributed by atoms with E-state index in [1.807, 2.05) is 64.1 Å². The number of fused-ring (bicyclic) bond motifs is 1. The average Bonchev–Trinajstić information content (AvgIpc) is 2.73. The fourth-order valence-electron chi connectivity index (χ4n) is 3.58. The van der Waals surface area contributed by atoms with Crippen LogP contribution in [0.2, 0.25) is 5.02 Å². The van der Waals surface area contributed by atoms with E-state index in [9.17, 15) is 9.90 Å². The summed E-state index contributed by atoms with van der Waals surface area (Å²) in [5.74, 6) is -1.44. The molecule has 0 aliphatic carbocycles. The van der Waals surface area contributed by atoms with E-state index < -0.39 is 11.9 Å². The topological polar surface area (TPSA) is 50.2 Å². The normalized spacial score (nSPS) is 11.5. The summed E-state index contributed by atoms with van der Waals surface area (Å²) in [6, 6.07) is 13.5. The molecule has 0 saturated carbocycles. The maximum absolute atomic E-state index is 12.1. The predicted molar refractivity (Wildman–Crippen MR) is 124 cm³/mol. The quantitative estimate of drug-likeness (QED) is 0.458. The highest BCUT2D eigenvalue weighted by molar-refractivity contribution is 6.31. The smallest absolute Gasteiger partial charge is 0.311 e. The number of benzene rings is 2. The monoisotopic (exact) mass is 409 g/mol. The van der Waals surface area contributed by atoms with Crippen molar-refractivity contribution in [3.8, 4) is 11.1 Å². The van der Waals surface area contributed by atoms with Gasteiger partial charge in [0.2, 0.25) is 0 Å². The molecule has 0 radical (unpaired) electrons. The molecule has 0 fully saturated rings. The van der Waals surface area contributed by atoms with E-state index in [4.69, 9.17) is 11.6 Å². The third-order valence-electron chi connectivity index (χ3n) is 4.83. The number of pyridine rings is 1. The molecule has 0 aliphatic heterocycles. The number of carboxylic acid groups (broad SMARTS) is 1. The number of hydrogen-bond acceptors (Lipinski definition) is 2. The SMILES string of the molecule is C=Cc1ccc(-c2c(C(CCC)C(=O)O)c(C)nc3ccc(Cl)cc23)cc1.CC. The Balaban J connectivity index is 0.00000145. The van der Waals surface area contributed by atoms with Crippen LogP contribution in [0.15, 0.2) is 49.0 Å². The van der Waals surface area contributed by atoms with E-state index in [0.717, 1.165) is 45.3 Å².